The van der Waals surface area contributed by atoms with E-state index in [1.54, 1.807) is 0 Å². The maximum atomic E-state index is 10.7. The number of hydrogen-bond donors (Lipinski definition) is 1. The van der Waals surface area contributed by atoms with Gasteiger partial charge in [0.05, 0.1) is 0 Å². The molecule has 0 atom stereocenters. The van der Waals surface area contributed by atoms with E-state index in [1.807, 2.05) is 0 Å². The average molecular weight is 233 g/mol. The van der Waals surface area contributed by atoms with Crippen molar-refractivity contribution in [3.63, 3.8) is 0 Å². The zero-order valence-corrected chi connectivity index (χ0v) is 10.3. The third kappa shape index (κ3) is 2.86. The van der Waals surface area contributed by atoms with Gasteiger partial charge in [-0.2, -0.15) is 0 Å². The minimum atomic E-state index is -0.717. The monoisotopic (exact) mass is 233 g/mol. The number of carbonyl (C=O) groups is 1. The zero-order chi connectivity index (χ0) is 12.3. The van der Waals surface area contributed by atoms with Crippen molar-refractivity contribution in [2.75, 3.05) is 13.1 Å². The van der Waals surface area contributed by atoms with Crippen LogP contribution in [0.2, 0.25) is 0 Å². The molecule has 0 saturated carbocycles. The van der Waals surface area contributed by atoms with E-state index < -0.39 is 5.97 Å². The third-order valence-corrected chi connectivity index (χ3v) is 3.50. The molecular formula is C14H19NO2. The Labute approximate surface area is 102 Å². The zero-order valence-electron chi connectivity index (χ0n) is 10.3. The van der Waals surface area contributed by atoms with Crippen LogP contribution < -0.4 is 0 Å². The number of aryl methyl sites for hydroxylation is 1. The summed E-state index contributed by atoms with van der Waals surface area (Å²) in [5.74, 6) is -0.717. The average Bonchev–Trinajstić information content (AvgIpc) is 2.35. The quantitative estimate of drug-likeness (QED) is 0.865. The van der Waals surface area contributed by atoms with Crippen LogP contribution in [0, 0.1) is 0 Å². The fraction of sp³-hybridized carbons (Fsp3) is 0.500. The molecule has 0 fully saturated rings. The van der Waals surface area contributed by atoms with Crippen LogP contribution in [0.25, 0.3) is 0 Å². The van der Waals surface area contributed by atoms with Crippen LogP contribution in [-0.4, -0.2) is 29.1 Å². The summed E-state index contributed by atoms with van der Waals surface area (Å²) >= 11 is 0. The van der Waals surface area contributed by atoms with Crippen LogP contribution in [0.3, 0.4) is 0 Å². The van der Waals surface area contributed by atoms with Gasteiger partial charge in [-0.05, 0) is 36.1 Å². The highest BCUT2D eigenvalue weighted by molar-refractivity contribution is 5.67. The van der Waals surface area contributed by atoms with Gasteiger partial charge < -0.3 is 5.11 Å². The molecule has 0 bridgehead atoms. The lowest BCUT2D eigenvalue weighted by Gasteiger charge is -2.29. The van der Waals surface area contributed by atoms with Crippen LogP contribution >= 0.6 is 0 Å². The second kappa shape index (κ2) is 5.32. The molecule has 0 spiro atoms. The van der Waals surface area contributed by atoms with Gasteiger partial charge in [-0.15, -0.1) is 0 Å². The van der Waals surface area contributed by atoms with Gasteiger partial charge in [-0.1, -0.05) is 25.1 Å². The summed E-state index contributed by atoms with van der Waals surface area (Å²) in [6, 6.07) is 6.30. The fourth-order valence-corrected chi connectivity index (χ4v) is 2.45. The summed E-state index contributed by atoms with van der Waals surface area (Å²) in [6.07, 6.45) is 1.96. The number of nitrogens with zero attached hydrogens (tertiary/aromatic N) is 1. The van der Waals surface area contributed by atoms with Crippen molar-refractivity contribution >= 4 is 5.97 Å². The Kier molecular flexibility index (Phi) is 3.79. The third-order valence-electron chi connectivity index (χ3n) is 3.50. The molecule has 0 aliphatic carbocycles. The number of carboxylic acid groups (broad SMARTS) is 1. The maximum absolute atomic E-state index is 10.7. The van der Waals surface area contributed by atoms with E-state index in [0.717, 1.165) is 26.1 Å². The molecule has 0 unspecified atom stereocenters. The second-order valence-electron chi connectivity index (χ2n) is 4.57. The minimum Gasteiger partial charge on any atom is -0.481 e. The Bertz CT molecular complexity index is 415. The van der Waals surface area contributed by atoms with Gasteiger partial charge in [0.15, 0.2) is 0 Å². The summed E-state index contributed by atoms with van der Waals surface area (Å²) in [7, 11) is 0. The first-order valence-corrected chi connectivity index (χ1v) is 6.24. The van der Waals surface area contributed by atoms with Crippen LogP contribution in [-0.2, 0) is 24.2 Å². The smallest absolute Gasteiger partial charge is 0.303 e. The van der Waals surface area contributed by atoms with Crippen LogP contribution in [0.5, 0.6) is 0 Å². The number of hydrogen-bond acceptors (Lipinski definition) is 2. The molecule has 17 heavy (non-hydrogen) atoms. The minimum absolute atomic E-state index is 0.225. The summed E-state index contributed by atoms with van der Waals surface area (Å²) in [6.45, 7) is 5.32. The lowest BCUT2D eigenvalue weighted by Crippen LogP contribution is -2.31. The molecule has 3 heteroatoms. The highest BCUT2D eigenvalue weighted by atomic mass is 16.4. The van der Waals surface area contributed by atoms with Gasteiger partial charge >= 0.3 is 5.97 Å². The van der Waals surface area contributed by atoms with E-state index in [0.29, 0.717) is 6.42 Å². The molecule has 2 rings (SSSR count). The number of fused-ring (bicyclic) bond motifs is 1. The van der Waals surface area contributed by atoms with E-state index >= 15 is 0 Å². The van der Waals surface area contributed by atoms with Crippen molar-refractivity contribution in [3.8, 4) is 0 Å². The van der Waals surface area contributed by atoms with E-state index in [-0.39, 0.29) is 6.42 Å². The molecule has 1 N–H and O–H groups in total. The van der Waals surface area contributed by atoms with Crippen molar-refractivity contribution in [1.82, 2.24) is 4.90 Å². The molecule has 1 aliphatic rings. The van der Waals surface area contributed by atoms with E-state index in [9.17, 15) is 4.79 Å². The van der Waals surface area contributed by atoms with Crippen LogP contribution in [0.4, 0.5) is 0 Å². The number of benzene rings is 1. The first-order valence-electron chi connectivity index (χ1n) is 6.24. The Morgan fingerprint density at radius 1 is 1.47 bits per heavy atom. The van der Waals surface area contributed by atoms with Crippen molar-refractivity contribution in [1.29, 1.82) is 0 Å². The van der Waals surface area contributed by atoms with Crippen molar-refractivity contribution in [2.24, 2.45) is 0 Å². The fourth-order valence-electron chi connectivity index (χ4n) is 2.45. The molecular weight excluding hydrogens is 214 g/mol. The summed E-state index contributed by atoms with van der Waals surface area (Å²) in [5, 5.41) is 8.77. The largest absolute Gasteiger partial charge is 0.481 e. The van der Waals surface area contributed by atoms with Crippen LogP contribution in [0.1, 0.15) is 30.0 Å². The van der Waals surface area contributed by atoms with Gasteiger partial charge in [-0.3, -0.25) is 9.69 Å². The topological polar surface area (TPSA) is 40.5 Å². The normalized spacial score (nSPS) is 15.6. The van der Waals surface area contributed by atoms with Gasteiger partial charge in [0, 0.05) is 19.5 Å². The van der Waals surface area contributed by atoms with Crippen molar-refractivity contribution in [3.05, 3.63) is 34.9 Å². The number of likely N-dealkylation sites (N-methyl/N-ethyl adjacent to an activating group) is 1. The Morgan fingerprint density at radius 3 is 3.00 bits per heavy atom. The van der Waals surface area contributed by atoms with E-state index in [1.165, 1.54) is 16.7 Å². The van der Waals surface area contributed by atoms with Crippen molar-refractivity contribution in [2.45, 2.75) is 32.7 Å². The lowest BCUT2D eigenvalue weighted by molar-refractivity contribution is -0.136. The van der Waals surface area contributed by atoms with Gasteiger partial charge in [0.2, 0.25) is 0 Å². The molecule has 0 aromatic heterocycles. The molecule has 0 amide bonds. The standard InChI is InChI=1S/C14H19NO2/c1-2-15-9-8-12-5-3-4-11(13(12)10-15)6-7-14(16)17/h3-5H,2,6-10H2,1H3,(H,16,17). The molecule has 3 nitrogen and oxygen atoms in total. The Balaban J connectivity index is 2.19. The predicted octanol–water partition coefficient (Wildman–Crippen LogP) is 2.08. The Hall–Kier alpha value is -1.35. The van der Waals surface area contributed by atoms with Crippen LogP contribution in [0.15, 0.2) is 18.2 Å². The molecule has 0 radical (unpaired) electrons. The summed E-state index contributed by atoms with van der Waals surface area (Å²) < 4.78 is 0. The molecule has 92 valence electrons. The molecule has 1 aromatic rings. The molecule has 1 aliphatic heterocycles. The first-order chi connectivity index (χ1) is 8.20. The summed E-state index contributed by atoms with van der Waals surface area (Å²) in [5.41, 5.74) is 3.97. The Morgan fingerprint density at radius 2 is 2.29 bits per heavy atom. The van der Waals surface area contributed by atoms with Gasteiger partial charge in [0.25, 0.3) is 0 Å². The lowest BCUT2D eigenvalue weighted by atomic mass is 9.93. The van der Waals surface area contributed by atoms with Gasteiger partial charge in [-0.25, -0.2) is 0 Å². The maximum Gasteiger partial charge on any atom is 0.303 e. The summed E-state index contributed by atoms with van der Waals surface area (Å²) in [4.78, 5) is 13.1. The number of rotatable bonds is 4. The second-order valence-corrected chi connectivity index (χ2v) is 4.57. The SMILES string of the molecule is CCN1CCc2cccc(CCC(=O)O)c2C1. The number of aliphatic carboxylic acids is 1. The number of carboxylic acids is 1. The van der Waals surface area contributed by atoms with Gasteiger partial charge in [0.1, 0.15) is 0 Å². The van der Waals surface area contributed by atoms with E-state index in [2.05, 4.69) is 30.0 Å². The van der Waals surface area contributed by atoms with E-state index in [4.69, 9.17) is 5.11 Å². The molecule has 1 aromatic carbocycles. The predicted molar refractivity (Wildman–Crippen MR) is 67.1 cm³/mol. The highest BCUT2D eigenvalue weighted by Gasteiger charge is 2.17. The molecule has 1 heterocycles. The highest BCUT2D eigenvalue weighted by Crippen LogP contribution is 2.23. The van der Waals surface area contributed by atoms with Crippen molar-refractivity contribution < 1.29 is 9.90 Å². The molecule has 0 saturated heterocycles. The first kappa shape index (κ1) is 12.1.